The molecule has 2 aromatic carbocycles. The molecule has 0 saturated heterocycles. The van der Waals surface area contributed by atoms with Crippen LogP contribution >= 0.6 is 0 Å². The summed E-state index contributed by atoms with van der Waals surface area (Å²) in [6.07, 6.45) is 0.273. The first-order valence-corrected chi connectivity index (χ1v) is 6.71. The summed E-state index contributed by atoms with van der Waals surface area (Å²) in [7, 11) is 0. The maximum Gasteiger partial charge on any atom is 0.258 e. The molecule has 5 heteroatoms. The Balaban J connectivity index is 1.99. The molecule has 0 spiro atoms. The first-order chi connectivity index (χ1) is 10.1. The number of amides is 2. The number of hydrogen-bond donors (Lipinski definition) is 2. The van der Waals surface area contributed by atoms with Gasteiger partial charge in [-0.05, 0) is 36.4 Å². The Kier molecular flexibility index (Phi) is 3.31. The first kappa shape index (κ1) is 13.2. The van der Waals surface area contributed by atoms with E-state index >= 15 is 0 Å². The third-order valence-electron chi connectivity index (χ3n) is 3.43. The molecule has 0 aliphatic carbocycles. The molecule has 1 aliphatic rings. The van der Waals surface area contributed by atoms with Crippen LogP contribution in [0, 0.1) is 0 Å². The van der Waals surface area contributed by atoms with Crippen LogP contribution in [-0.4, -0.2) is 18.4 Å². The quantitative estimate of drug-likeness (QED) is 0.787. The first-order valence-electron chi connectivity index (χ1n) is 6.71. The molecule has 106 valence electrons. The summed E-state index contributed by atoms with van der Waals surface area (Å²) >= 11 is 0. The number of hydrogen-bond acceptors (Lipinski definition) is 3. The lowest BCUT2D eigenvalue weighted by Gasteiger charge is -2.22. The Hall–Kier alpha value is -2.82. The molecule has 0 unspecified atom stereocenters. The number of nitrogens with zero attached hydrogens (tertiary/aromatic N) is 1. The number of rotatable bonds is 1. The van der Waals surface area contributed by atoms with Gasteiger partial charge in [-0.2, -0.15) is 0 Å². The lowest BCUT2D eigenvalue weighted by Crippen LogP contribution is -2.31. The number of benzene rings is 2. The van der Waals surface area contributed by atoms with E-state index in [-0.39, 0.29) is 18.2 Å². The zero-order valence-corrected chi connectivity index (χ0v) is 11.4. The molecule has 0 saturated carbocycles. The van der Waals surface area contributed by atoms with Gasteiger partial charge in [0.1, 0.15) is 0 Å². The van der Waals surface area contributed by atoms with Crippen LogP contribution < -0.4 is 16.0 Å². The highest BCUT2D eigenvalue weighted by Gasteiger charge is 2.24. The normalized spacial score (nSPS) is 14.1. The molecule has 2 aromatic rings. The Morgan fingerprint density at radius 3 is 2.57 bits per heavy atom. The van der Waals surface area contributed by atoms with Crippen molar-refractivity contribution in [2.45, 2.75) is 6.42 Å². The third kappa shape index (κ3) is 2.58. The zero-order valence-electron chi connectivity index (χ0n) is 11.4. The van der Waals surface area contributed by atoms with Crippen molar-refractivity contribution < 1.29 is 9.59 Å². The van der Waals surface area contributed by atoms with Gasteiger partial charge in [-0.3, -0.25) is 9.59 Å². The van der Waals surface area contributed by atoms with Crippen LogP contribution in [0.2, 0.25) is 0 Å². The minimum atomic E-state index is -0.140. The molecule has 1 heterocycles. The molecule has 3 rings (SSSR count). The second-order valence-electron chi connectivity index (χ2n) is 4.89. The number of para-hydroxylation sites is 2. The average molecular weight is 281 g/mol. The summed E-state index contributed by atoms with van der Waals surface area (Å²) in [5.41, 5.74) is 8.18. The van der Waals surface area contributed by atoms with Crippen LogP contribution in [0.15, 0.2) is 48.5 Å². The Morgan fingerprint density at radius 1 is 1.10 bits per heavy atom. The zero-order chi connectivity index (χ0) is 14.8. The van der Waals surface area contributed by atoms with Crippen LogP contribution in [0.4, 0.5) is 17.1 Å². The molecule has 0 radical (unpaired) electrons. The summed E-state index contributed by atoms with van der Waals surface area (Å²) in [5.74, 6) is -0.228. The highest BCUT2D eigenvalue weighted by atomic mass is 16.2. The number of nitrogens with one attached hydrogen (secondary N) is 1. The van der Waals surface area contributed by atoms with Gasteiger partial charge < -0.3 is 16.0 Å². The summed E-state index contributed by atoms with van der Waals surface area (Å²) in [6, 6.07) is 14.1. The maximum atomic E-state index is 12.7. The van der Waals surface area contributed by atoms with Crippen molar-refractivity contribution in [3.05, 3.63) is 54.1 Å². The molecule has 2 amide bonds. The predicted molar refractivity (Wildman–Crippen MR) is 82.2 cm³/mol. The lowest BCUT2D eigenvalue weighted by molar-refractivity contribution is -0.115. The molecule has 1 aliphatic heterocycles. The van der Waals surface area contributed by atoms with Crippen molar-refractivity contribution in [2.75, 3.05) is 22.5 Å². The second kappa shape index (κ2) is 5.28. The van der Waals surface area contributed by atoms with Crippen molar-refractivity contribution >= 4 is 28.9 Å². The second-order valence-corrected chi connectivity index (χ2v) is 4.89. The van der Waals surface area contributed by atoms with E-state index in [4.69, 9.17) is 5.73 Å². The van der Waals surface area contributed by atoms with Crippen LogP contribution in [0.3, 0.4) is 0 Å². The van der Waals surface area contributed by atoms with Crippen LogP contribution in [0.25, 0.3) is 0 Å². The van der Waals surface area contributed by atoms with Crippen LogP contribution in [-0.2, 0) is 4.79 Å². The molecule has 21 heavy (non-hydrogen) atoms. The monoisotopic (exact) mass is 281 g/mol. The van der Waals surface area contributed by atoms with E-state index in [1.807, 2.05) is 18.2 Å². The van der Waals surface area contributed by atoms with Crippen molar-refractivity contribution in [3.8, 4) is 0 Å². The minimum absolute atomic E-state index is 0.0879. The Labute approximate surface area is 122 Å². The van der Waals surface area contributed by atoms with Crippen molar-refractivity contribution in [1.29, 1.82) is 0 Å². The summed E-state index contributed by atoms with van der Waals surface area (Å²) in [6.45, 7) is 0.353. The largest absolute Gasteiger partial charge is 0.399 e. The van der Waals surface area contributed by atoms with Gasteiger partial charge >= 0.3 is 0 Å². The van der Waals surface area contributed by atoms with Gasteiger partial charge in [0.15, 0.2) is 0 Å². The average Bonchev–Trinajstić information content (AvgIpc) is 2.65. The highest BCUT2D eigenvalue weighted by molar-refractivity contribution is 6.10. The topological polar surface area (TPSA) is 75.4 Å². The minimum Gasteiger partial charge on any atom is -0.399 e. The fraction of sp³-hybridized carbons (Fsp3) is 0.125. The van der Waals surface area contributed by atoms with Crippen LogP contribution in [0.1, 0.15) is 16.8 Å². The van der Waals surface area contributed by atoms with E-state index < -0.39 is 0 Å². The van der Waals surface area contributed by atoms with Crippen molar-refractivity contribution in [1.82, 2.24) is 0 Å². The lowest BCUT2D eigenvalue weighted by atomic mass is 10.1. The number of nitrogens with two attached hydrogens (primary N) is 1. The summed E-state index contributed by atoms with van der Waals surface area (Å²) in [5, 5.41) is 2.81. The predicted octanol–water partition coefficient (Wildman–Crippen LogP) is 2.26. The third-order valence-corrected chi connectivity index (χ3v) is 3.43. The maximum absolute atomic E-state index is 12.7. The fourth-order valence-corrected chi connectivity index (χ4v) is 2.35. The molecule has 5 nitrogen and oxygen atoms in total. The standard InChI is InChI=1S/C16H15N3O2/c17-12-7-5-11(6-8-12)16(21)19-10-9-15(20)18-13-3-1-2-4-14(13)19/h1-8H,9-10,17H2,(H,18,20). The fourth-order valence-electron chi connectivity index (χ4n) is 2.35. The van der Waals surface area contributed by atoms with E-state index in [9.17, 15) is 9.59 Å². The Bertz CT molecular complexity index is 695. The van der Waals surface area contributed by atoms with Gasteiger partial charge in [-0.15, -0.1) is 0 Å². The summed E-state index contributed by atoms with van der Waals surface area (Å²) < 4.78 is 0. The van der Waals surface area contributed by atoms with E-state index in [1.54, 1.807) is 35.2 Å². The van der Waals surface area contributed by atoms with Crippen molar-refractivity contribution in [2.24, 2.45) is 0 Å². The highest BCUT2D eigenvalue weighted by Crippen LogP contribution is 2.29. The molecule has 0 atom stereocenters. The molecule has 3 N–H and O–H groups in total. The Morgan fingerprint density at radius 2 is 1.81 bits per heavy atom. The number of carbonyl (C=O) groups is 2. The molecule has 0 bridgehead atoms. The van der Waals surface area contributed by atoms with E-state index in [1.165, 1.54) is 0 Å². The summed E-state index contributed by atoms with van der Waals surface area (Å²) in [4.78, 5) is 26.0. The number of nitrogen functional groups attached to an aromatic ring is 1. The van der Waals surface area contributed by atoms with Gasteiger partial charge in [0.05, 0.1) is 11.4 Å². The van der Waals surface area contributed by atoms with Gasteiger partial charge in [0, 0.05) is 24.2 Å². The van der Waals surface area contributed by atoms with E-state index in [2.05, 4.69) is 5.32 Å². The SMILES string of the molecule is Nc1ccc(C(=O)N2CCC(=O)Nc3ccccc32)cc1. The molecule has 0 aromatic heterocycles. The number of carbonyl (C=O) groups excluding carboxylic acids is 2. The van der Waals surface area contributed by atoms with E-state index in [0.717, 1.165) is 0 Å². The van der Waals surface area contributed by atoms with Gasteiger partial charge in [0.25, 0.3) is 5.91 Å². The molecular weight excluding hydrogens is 266 g/mol. The molecular formula is C16H15N3O2. The van der Waals surface area contributed by atoms with Gasteiger partial charge in [-0.1, -0.05) is 12.1 Å². The van der Waals surface area contributed by atoms with Crippen molar-refractivity contribution in [3.63, 3.8) is 0 Å². The number of fused-ring (bicyclic) bond motifs is 1. The molecule has 0 fully saturated rings. The van der Waals surface area contributed by atoms with Gasteiger partial charge in [-0.25, -0.2) is 0 Å². The smallest absolute Gasteiger partial charge is 0.258 e. The van der Waals surface area contributed by atoms with E-state index in [0.29, 0.717) is 29.2 Å². The number of anilines is 3. The van der Waals surface area contributed by atoms with Gasteiger partial charge in [0.2, 0.25) is 5.91 Å². The van der Waals surface area contributed by atoms with Crippen LogP contribution in [0.5, 0.6) is 0 Å².